The molecule has 2 heterocycles. The summed E-state index contributed by atoms with van der Waals surface area (Å²) in [6.45, 7) is 0. The molecule has 0 saturated heterocycles. The Kier molecular flexibility index (Phi) is 2.44. The fourth-order valence-corrected chi connectivity index (χ4v) is 4.03. The van der Waals surface area contributed by atoms with Crippen LogP contribution in [0.3, 0.4) is 0 Å². The highest BCUT2D eigenvalue weighted by Crippen LogP contribution is 2.47. The fraction of sp³-hybridized carbons (Fsp3) is 0.154. The average Bonchev–Trinajstić information content (AvgIpc) is 2.97. The molecule has 3 rings (SSSR count). The molecule has 0 amide bonds. The maximum absolute atomic E-state index is 11.0. The maximum atomic E-state index is 11.0. The van der Waals surface area contributed by atoms with Crippen molar-refractivity contribution in [2.45, 2.75) is 17.4 Å². The monoisotopic (exact) mass is 247 g/mol. The third-order valence-electron chi connectivity index (χ3n) is 3.07. The first-order valence-electron chi connectivity index (χ1n) is 5.50. The van der Waals surface area contributed by atoms with Crippen molar-refractivity contribution in [3.63, 3.8) is 0 Å². The Morgan fingerprint density at radius 3 is 2.82 bits per heavy atom. The van der Waals surface area contributed by atoms with E-state index in [1.54, 1.807) is 0 Å². The number of fused-ring (bicyclic) bond motifs is 1. The maximum Gasteiger partial charge on any atom is 0.326 e. The molecule has 0 saturated carbocycles. The number of carbonyl (C=O) groups is 1. The van der Waals surface area contributed by atoms with Crippen molar-refractivity contribution in [2.75, 3.05) is 5.32 Å². The van der Waals surface area contributed by atoms with Crippen molar-refractivity contribution in [1.29, 1.82) is 0 Å². The second-order valence-corrected chi connectivity index (χ2v) is 6.03. The first-order chi connectivity index (χ1) is 8.25. The minimum atomic E-state index is -0.780. The van der Waals surface area contributed by atoms with Crippen molar-refractivity contribution in [2.24, 2.45) is 0 Å². The Labute approximate surface area is 102 Å². The largest absolute Gasteiger partial charge is 0.480 e. The summed E-state index contributed by atoms with van der Waals surface area (Å²) in [5.74, 6) is -0.780. The first-order valence-corrected chi connectivity index (χ1v) is 6.98. The molecule has 1 atom stereocenters. The first kappa shape index (κ1) is 10.5. The second kappa shape index (κ2) is 3.96. The van der Waals surface area contributed by atoms with Crippen LogP contribution in [0.4, 0.5) is 5.69 Å². The zero-order chi connectivity index (χ0) is 11.8. The van der Waals surface area contributed by atoms with Crippen molar-refractivity contribution in [1.82, 2.24) is 0 Å². The molecule has 0 fully saturated rings. The van der Waals surface area contributed by atoms with E-state index in [2.05, 4.69) is 34.4 Å². The molecule has 0 aromatic heterocycles. The van der Waals surface area contributed by atoms with Crippen LogP contribution in [0.25, 0.3) is 0 Å². The second-order valence-electron chi connectivity index (χ2n) is 4.13. The molecule has 0 aliphatic carbocycles. The normalized spacial score (nSPS) is 22.6. The summed E-state index contributed by atoms with van der Waals surface area (Å²) in [4.78, 5) is 12.3. The van der Waals surface area contributed by atoms with Crippen LogP contribution in [-0.4, -0.2) is 17.1 Å². The number of rotatable bonds is 2. The highest BCUT2D eigenvalue weighted by atomic mass is 32.2. The van der Waals surface area contributed by atoms with Crippen molar-refractivity contribution in [3.8, 4) is 0 Å². The van der Waals surface area contributed by atoms with E-state index in [1.807, 2.05) is 12.1 Å². The number of carboxylic acids is 1. The molecular weight excluding hydrogens is 234 g/mol. The van der Waals surface area contributed by atoms with Gasteiger partial charge in [-0.1, -0.05) is 18.2 Å². The Morgan fingerprint density at radius 2 is 2.12 bits per heavy atom. The third kappa shape index (κ3) is 1.74. The van der Waals surface area contributed by atoms with Gasteiger partial charge in [0.1, 0.15) is 6.04 Å². The quantitative estimate of drug-likeness (QED) is 0.704. The molecule has 3 nitrogen and oxygen atoms in total. The van der Waals surface area contributed by atoms with Crippen LogP contribution in [0, 0.1) is 0 Å². The molecule has 0 radical (unpaired) electrons. The van der Waals surface area contributed by atoms with Gasteiger partial charge in [-0.05, 0) is 33.4 Å². The van der Waals surface area contributed by atoms with E-state index in [0.29, 0.717) is 6.42 Å². The Morgan fingerprint density at radius 1 is 1.35 bits per heavy atom. The summed E-state index contributed by atoms with van der Waals surface area (Å²) in [6, 6.07) is 5.59. The smallest absolute Gasteiger partial charge is 0.326 e. The fourth-order valence-electron chi connectivity index (χ4n) is 2.25. The summed E-state index contributed by atoms with van der Waals surface area (Å²) in [7, 11) is -0.375. The molecule has 1 unspecified atom stereocenters. The van der Waals surface area contributed by atoms with Gasteiger partial charge in [-0.15, -0.1) is 0 Å². The summed E-state index contributed by atoms with van der Waals surface area (Å²) >= 11 is 0. The van der Waals surface area contributed by atoms with Crippen LogP contribution < -0.4 is 5.32 Å². The summed E-state index contributed by atoms with van der Waals surface area (Å²) < 4.78 is 0. The van der Waals surface area contributed by atoms with Crippen molar-refractivity contribution < 1.29 is 9.90 Å². The molecule has 2 N–H and O–H groups in total. The number of nitrogens with one attached hydrogen (secondary N) is 1. The Bertz CT molecular complexity index is 524. The van der Waals surface area contributed by atoms with E-state index < -0.39 is 12.0 Å². The molecule has 1 aromatic rings. The summed E-state index contributed by atoms with van der Waals surface area (Å²) in [5, 5.41) is 16.5. The van der Waals surface area contributed by atoms with Gasteiger partial charge in [-0.3, -0.25) is 0 Å². The van der Waals surface area contributed by atoms with Gasteiger partial charge in [-0.2, -0.15) is 10.9 Å². The molecule has 0 bridgehead atoms. The molecule has 1 aromatic carbocycles. The van der Waals surface area contributed by atoms with Crippen molar-refractivity contribution in [3.05, 3.63) is 46.7 Å². The lowest BCUT2D eigenvalue weighted by molar-refractivity contribution is -0.137. The van der Waals surface area contributed by atoms with E-state index >= 15 is 0 Å². The van der Waals surface area contributed by atoms with Gasteiger partial charge in [0.15, 0.2) is 0 Å². The molecule has 2 aliphatic heterocycles. The molecule has 88 valence electrons. The number of carboxylic acid groups (broad SMARTS) is 1. The van der Waals surface area contributed by atoms with Gasteiger partial charge in [-0.25, -0.2) is 4.79 Å². The van der Waals surface area contributed by atoms with Gasteiger partial charge in [0, 0.05) is 12.1 Å². The zero-order valence-electron chi connectivity index (χ0n) is 9.13. The van der Waals surface area contributed by atoms with Crippen LogP contribution in [0.15, 0.2) is 46.1 Å². The number of hydrogen-bond acceptors (Lipinski definition) is 2. The number of aliphatic carboxylic acids is 1. The van der Waals surface area contributed by atoms with Crippen LogP contribution in [-0.2, 0) is 11.2 Å². The third-order valence-corrected chi connectivity index (χ3v) is 5.03. The van der Waals surface area contributed by atoms with E-state index in [0.717, 1.165) is 5.69 Å². The highest BCUT2D eigenvalue weighted by molar-refractivity contribution is 8.22. The predicted molar refractivity (Wildman–Crippen MR) is 70.7 cm³/mol. The van der Waals surface area contributed by atoms with Crippen LogP contribution >= 0.6 is 10.9 Å². The average molecular weight is 247 g/mol. The number of benzene rings is 1. The standard InChI is InChI=1S/C13H13NO2S/c15-13(16)11-8-9-10(14-11)4-3-5-12(9)17-6-1-2-7-17/h1-7,11,14,17H,8H2,(H,15,16). The van der Waals surface area contributed by atoms with Gasteiger partial charge >= 0.3 is 5.97 Å². The van der Waals surface area contributed by atoms with Gasteiger partial charge in [0.25, 0.3) is 0 Å². The topological polar surface area (TPSA) is 49.3 Å². The summed E-state index contributed by atoms with van der Waals surface area (Å²) in [5.41, 5.74) is 2.15. The molecule has 2 aliphatic rings. The molecule has 4 heteroatoms. The lowest BCUT2D eigenvalue weighted by atomic mass is 10.1. The van der Waals surface area contributed by atoms with E-state index in [1.165, 1.54) is 10.5 Å². The highest BCUT2D eigenvalue weighted by Gasteiger charge is 2.28. The number of hydrogen-bond donors (Lipinski definition) is 3. The predicted octanol–water partition coefficient (Wildman–Crippen LogP) is 2.51. The lowest BCUT2D eigenvalue weighted by Crippen LogP contribution is -2.26. The van der Waals surface area contributed by atoms with E-state index in [-0.39, 0.29) is 10.9 Å². The SMILES string of the molecule is O=C(O)C1Cc2c(cccc2[SH]2C=CC=C2)N1. The minimum absolute atomic E-state index is 0.375. The van der Waals surface area contributed by atoms with E-state index in [4.69, 9.17) is 5.11 Å². The zero-order valence-corrected chi connectivity index (χ0v) is 10.0. The van der Waals surface area contributed by atoms with Crippen molar-refractivity contribution >= 4 is 22.6 Å². The van der Waals surface area contributed by atoms with Crippen LogP contribution in [0.1, 0.15) is 5.56 Å². The molecule has 17 heavy (non-hydrogen) atoms. The Balaban J connectivity index is 1.99. The van der Waals surface area contributed by atoms with Gasteiger partial charge in [0.2, 0.25) is 0 Å². The van der Waals surface area contributed by atoms with E-state index in [9.17, 15) is 4.79 Å². The minimum Gasteiger partial charge on any atom is -0.480 e. The number of thiol groups is 1. The van der Waals surface area contributed by atoms with Crippen LogP contribution in [0.2, 0.25) is 0 Å². The van der Waals surface area contributed by atoms with Gasteiger partial charge < -0.3 is 10.4 Å². The number of anilines is 1. The van der Waals surface area contributed by atoms with Gasteiger partial charge in [0.05, 0.1) is 0 Å². The van der Waals surface area contributed by atoms with Crippen LogP contribution in [0.5, 0.6) is 0 Å². The summed E-state index contributed by atoms with van der Waals surface area (Å²) in [6.07, 6.45) is 4.70. The Hall–Kier alpha value is -1.68. The molecular formula is C13H13NO2S. The number of allylic oxidation sites excluding steroid dienone is 2. The lowest BCUT2D eigenvalue weighted by Gasteiger charge is -2.14. The molecule has 0 spiro atoms.